The summed E-state index contributed by atoms with van der Waals surface area (Å²) in [5.41, 5.74) is 1.53. The molecule has 162 valence electrons. The molecule has 3 aliphatic rings. The van der Waals surface area contributed by atoms with Crippen molar-refractivity contribution in [3.8, 4) is 11.1 Å². The third kappa shape index (κ3) is 2.84. The lowest BCUT2D eigenvalue weighted by molar-refractivity contribution is -0.121. The highest BCUT2D eigenvalue weighted by molar-refractivity contribution is 6.36. The van der Waals surface area contributed by atoms with Gasteiger partial charge in [0.05, 0.1) is 33.6 Å². The number of aryl methyl sites for hydroxylation is 1. The van der Waals surface area contributed by atoms with Crippen LogP contribution in [-0.2, 0) is 16.0 Å². The van der Waals surface area contributed by atoms with E-state index in [9.17, 15) is 14.3 Å². The van der Waals surface area contributed by atoms with E-state index in [1.807, 2.05) is 26.8 Å². The number of hydrogen-bond acceptors (Lipinski definition) is 3. The van der Waals surface area contributed by atoms with Gasteiger partial charge in [0, 0.05) is 10.6 Å². The Hall–Kier alpha value is -1.88. The zero-order valence-corrected chi connectivity index (χ0v) is 19.1. The van der Waals surface area contributed by atoms with Gasteiger partial charge >= 0.3 is 0 Å². The van der Waals surface area contributed by atoms with Crippen LogP contribution in [-0.4, -0.2) is 22.1 Å². The Morgan fingerprint density at radius 1 is 1.13 bits per heavy atom. The van der Waals surface area contributed by atoms with Crippen molar-refractivity contribution in [3.05, 3.63) is 63.1 Å². The van der Waals surface area contributed by atoms with E-state index in [1.165, 1.54) is 12.1 Å². The Labute approximate surface area is 190 Å². The fraction of sp³-hybridized carbons (Fsp3) is 0.400. The Bertz CT molecular complexity index is 1150. The second-order valence-electron chi connectivity index (χ2n) is 9.28. The van der Waals surface area contributed by atoms with Gasteiger partial charge in [-0.3, -0.25) is 4.79 Å². The van der Waals surface area contributed by atoms with Crippen molar-refractivity contribution < 1.29 is 19.0 Å². The molecule has 3 nitrogen and oxygen atoms in total. The fourth-order valence-corrected chi connectivity index (χ4v) is 6.53. The molecule has 2 saturated heterocycles. The molecule has 6 heteroatoms. The minimum Gasteiger partial charge on any atom is -0.511 e. The lowest BCUT2D eigenvalue weighted by atomic mass is 9.68. The first kappa shape index (κ1) is 21.0. The van der Waals surface area contributed by atoms with Crippen LogP contribution >= 0.6 is 23.2 Å². The van der Waals surface area contributed by atoms with Gasteiger partial charge in [0.1, 0.15) is 11.6 Å². The number of fused-ring (bicyclic) bond motifs is 5. The molecule has 0 aromatic heterocycles. The Balaban J connectivity index is 1.69. The summed E-state index contributed by atoms with van der Waals surface area (Å²) in [5, 5.41) is 11.7. The maximum absolute atomic E-state index is 14.7. The number of carbonyl (C=O) groups excluding carboxylic acids is 1. The van der Waals surface area contributed by atoms with Crippen molar-refractivity contribution in [2.45, 2.75) is 51.2 Å². The molecule has 2 fully saturated rings. The van der Waals surface area contributed by atoms with E-state index in [0.717, 1.165) is 18.4 Å². The molecule has 0 amide bonds. The highest BCUT2D eigenvalue weighted by atomic mass is 35.5. The molecule has 31 heavy (non-hydrogen) atoms. The van der Waals surface area contributed by atoms with E-state index in [2.05, 4.69) is 0 Å². The minimum atomic E-state index is -0.568. The molecule has 0 saturated carbocycles. The molecule has 2 aromatic rings. The van der Waals surface area contributed by atoms with Gasteiger partial charge in [-0.25, -0.2) is 4.39 Å². The van der Waals surface area contributed by atoms with E-state index in [0.29, 0.717) is 23.1 Å². The van der Waals surface area contributed by atoms with E-state index >= 15 is 0 Å². The predicted molar refractivity (Wildman–Crippen MR) is 120 cm³/mol. The number of ketones is 1. The summed E-state index contributed by atoms with van der Waals surface area (Å²) in [4.78, 5) is 13.6. The van der Waals surface area contributed by atoms with Crippen LogP contribution in [0.1, 0.15) is 44.7 Å². The second-order valence-corrected chi connectivity index (χ2v) is 10.1. The SMILES string of the molecule is CCc1ccc(-c2c(F)cc(Cl)cc2Cl)cc1C1=C(O)[C@H]2[C@@H](C1=O)C1(C)CCC2(C)O1. The number of benzene rings is 2. The lowest BCUT2D eigenvalue weighted by Crippen LogP contribution is -2.39. The summed E-state index contributed by atoms with van der Waals surface area (Å²) in [6, 6.07) is 8.12. The van der Waals surface area contributed by atoms with Crippen LogP contribution in [0, 0.1) is 17.7 Å². The number of ether oxygens (including phenoxy) is 1. The van der Waals surface area contributed by atoms with Gasteiger partial charge in [-0.15, -0.1) is 0 Å². The van der Waals surface area contributed by atoms with Crippen LogP contribution in [0.15, 0.2) is 36.1 Å². The number of carbonyl (C=O) groups is 1. The Kier molecular flexibility index (Phi) is 4.61. The first-order chi connectivity index (χ1) is 14.6. The summed E-state index contributed by atoms with van der Waals surface area (Å²) in [5.74, 6) is -1.28. The van der Waals surface area contributed by atoms with Crippen LogP contribution < -0.4 is 0 Å². The molecule has 2 heterocycles. The van der Waals surface area contributed by atoms with E-state index in [4.69, 9.17) is 27.9 Å². The van der Waals surface area contributed by atoms with E-state index < -0.39 is 22.9 Å². The number of rotatable bonds is 3. The van der Waals surface area contributed by atoms with Gasteiger partial charge in [0.25, 0.3) is 0 Å². The summed E-state index contributed by atoms with van der Waals surface area (Å²) >= 11 is 12.2. The van der Waals surface area contributed by atoms with Crippen molar-refractivity contribution in [2.24, 2.45) is 11.8 Å². The van der Waals surface area contributed by atoms with Gasteiger partial charge in [-0.05, 0) is 68.0 Å². The molecule has 0 spiro atoms. The molecule has 2 aliphatic heterocycles. The number of aliphatic hydroxyl groups is 1. The minimum absolute atomic E-state index is 0.0930. The van der Waals surface area contributed by atoms with Crippen LogP contribution in [0.2, 0.25) is 10.0 Å². The molecular weight excluding hydrogens is 438 g/mol. The smallest absolute Gasteiger partial charge is 0.173 e. The van der Waals surface area contributed by atoms with E-state index in [1.54, 1.807) is 12.1 Å². The predicted octanol–water partition coefficient (Wildman–Crippen LogP) is 6.79. The summed E-state index contributed by atoms with van der Waals surface area (Å²) in [6.07, 6.45) is 2.27. The van der Waals surface area contributed by atoms with Crippen LogP contribution in [0.3, 0.4) is 0 Å². The number of halogens is 3. The third-order valence-corrected chi connectivity index (χ3v) is 7.88. The Morgan fingerprint density at radius 3 is 2.42 bits per heavy atom. The largest absolute Gasteiger partial charge is 0.511 e. The van der Waals surface area contributed by atoms with Gasteiger partial charge in [0.15, 0.2) is 5.78 Å². The van der Waals surface area contributed by atoms with Crippen LogP contribution in [0.5, 0.6) is 0 Å². The molecule has 2 aromatic carbocycles. The molecule has 0 radical (unpaired) electrons. The van der Waals surface area contributed by atoms with Crippen molar-refractivity contribution in [1.82, 2.24) is 0 Å². The maximum atomic E-state index is 14.7. The number of aliphatic hydroxyl groups excluding tert-OH is 1. The quantitative estimate of drug-likeness (QED) is 0.548. The van der Waals surface area contributed by atoms with Gasteiger partial charge in [0.2, 0.25) is 0 Å². The zero-order chi connectivity index (χ0) is 22.3. The number of allylic oxidation sites excluding steroid dienone is 1. The first-order valence-corrected chi connectivity index (χ1v) is 11.3. The highest BCUT2D eigenvalue weighted by Crippen LogP contribution is 2.63. The monoisotopic (exact) mass is 460 g/mol. The van der Waals surface area contributed by atoms with Crippen molar-refractivity contribution >= 4 is 34.6 Å². The van der Waals surface area contributed by atoms with Crippen LogP contribution in [0.4, 0.5) is 4.39 Å². The van der Waals surface area contributed by atoms with E-state index in [-0.39, 0.29) is 33.1 Å². The second kappa shape index (κ2) is 6.81. The van der Waals surface area contributed by atoms with Gasteiger partial charge in [-0.1, -0.05) is 42.3 Å². The highest BCUT2D eigenvalue weighted by Gasteiger charge is 2.69. The third-order valence-electron chi connectivity index (χ3n) is 7.37. The maximum Gasteiger partial charge on any atom is 0.173 e. The van der Waals surface area contributed by atoms with Crippen molar-refractivity contribution in [2.75, 3.05) is 0 Å². The molecule has 2 unspecified atom stereocenters. The van der Waals surface area contributed by atoms with Gasteiger partial charge < -0.3 is 9.84 Å². The molecule has 5 rings (SSSR count). The molecular formula is C25H23Cl2FO3. The zero-order valence-electron chi connectivity index (χ0n) is 17.6. The lowest BCUT2D eigenvalue weighted by Gasteiger charge is -2.30. The number of hydrogen-bond donors (Lipinski definition) is 1. The first-order valence-electron chi connectivity index (χ1n) is 10.6. The molecule has 2 bridgehead atoms. The Morgan fingerprint density at radius 2 is 1.81 bits per heavy atom. The summed E-state index contributed by atoms with van der Waals surface area (Å²) < 4.78 is 21.0. The fourth-order valence-electron chi connectivity index (χ4n) is 5.95. The van der Waals surface area contributed by atoms with Gasteiger partial charge in [-0.2, -0.15) is 0 Å². The summed E-state index contributed by atoms with van der Waals surface area (Å²) in [7, 11) is 0. The summed E-state index contributed by atoms with van der Waals surface area (Å²) in [6.45, 7) is 5.94. The normalized spacial score (nSPS) is 31.6. The molecule has 4 atom stereocenters. The van der Waals surface area contributed by atoms with Crippen molar-refractivity contribution in [1.29, 1.82) is 0 Å². The number of Topliss-reactive ketones (excluding diaryl/α,β-unsaturated/α-hetero) is 1. The van der Waals surface area contributed by atoms with Crippen molar-refractivity contribution in [3.63, 3.8) is 0 Å². The van der Waals surface area contributed by atoms with Crippen LogP contribution in [0.25, 0.3) is 16.7 Å². The standard InChI is InChI=1S/C25H23Cl2FO3/c1-4-12-5-6-13(18-16(27)10-14(26)11-17(18)28)9-15(12)19-22(29)20-21(23(19)30)25(3)8-7-24(20,2)31-25/h5-6,9-11,20-21,29H,4,7-8H2,1-3H3/t20-,21+,24?,25?/m1/s1. The average Bonchev–Trinajstić information content (AvgIpc) is 3.24. The molecule has 1 aliphatic carbocycles. The average molecular weight is 461 g/mol. The topological polar surface area (TPSA) is 46.5 Å². The molecule has 1 N–H and O–H groups in total.